The third-order valence-electron chi connectivity index (χ3n) is 4.51. The summed E-state index contributed by atoms with van der Waals surface area (Å²) < 4.78 is 30.5. The van der Waals surface area contributed by atoms with Crippen LogP contribution in [0.4, 0.5) is 5.69 Å². The molecule has 0 spiro atoms. The molecule has 30 heavy (non-hydrogen) atoms. The van der Waals surface area contributed by atoms with E-state index in [9.17, 15) is 13.2 Å². The average molecular weight is 455 g/mol. The van der Waals surface area contributed by atoms with Crippen molar-refractivity contribution in [2.45, 2.75) is 32.1 Å². The fourth-order valence-electron chi connectivity index (χ4n) is 3.02. The Kier molecular flexibility index (Phi) is 11.5. The molecule has 0 aromatic heterocycles. The third kappa shape index (κ3) is 9.61. The van der Waals surface area contributed by atoms with E-state index in [0.717, 1.165) is 45.0 Å². The summed E-state index contributed by atoms with van der Waals surface area (Å²) in [7, 11) is -1.99. The first-order valence-electron chi connectivity index (χ1n) is 9.83. The van der Waals surface area contributed by atoms with E-state index in [0.29, 0.717) is 17.7 Å². The highest BCUT2D eigenvalue weighted by molar-refractivity contribution is 7.92. The molecule has 0 aliphatic heterocycles. The summed E-state index contributed by atoms with van der Waals surface area (Å²) in [6, 6.07) is 15.2. The maximum Gasteiger partial charge on any atom is 0.229 e. The number of unbranched alkanes of at least 4 members (excludes halogenated alkanes) is 2. The van der Waals surface area contributed by atoms with Crippen LogP contribution < -0.4 is 14.8 Å². The van der Waals surface area contributed by atoms with Crippen LogP contribution in [0, 0.1) is 0 Å². The first-order valence-corrected chi connectivity index (χ1v) is 11.7. The summed E-state index contributed by atoms with van der Waals surface area (Å²) in [5, 5.41) is 3.43. The van der Waals surface area contributed by atoms with E-state index in [4.69, 9.17) is 4.74 Å². The molecule has 2 rings (SSSR count). The van der Waals surface area contributed by atoms with Crippen molar-refractivity contribution < 1.29 is 17.9 Å². The number of sulfonamides is 1. The summed E-state index contributed by atoms with van der Waals surface area (Å²) in [6.07, 6.45) is 5.31. The standard InChI is InChI=1S/C22H30N2O4S.ClH/c1-28-22-13-12-19(17-20(22)24-29(2,26)27)21(25)11-7-4-8-15-23-16-14-18-9-5-3-6-10-18;/h3,5-6,9-10,12-13,17,23-24H,4,7-8,11,14-16H2,1-2H3;1H. The van der Waals surface area contributed by atoms with Crippen molar-refractivity contribution in [3.8, 4) is 5.75 Å². The van der Waals surface area contributed by atoms with Crippen LogP contribution in [0.2, 0.25) is 0 Å². The second-order valence-electron chi connectivity index (χ2n) is 7.01. The maximum absolute atomic E-state index is 12.4. The van der Waals surface area contributed by atoms with Crippen molar-refractivity contribution in [1.29, 1.82) is 0 Å². The fraction of sp³-hybridized carbons (Fsp3) is 0.409. The van der Waals surface area contributed by atoms with Crippen molar-refractivity contribution in [1.82, 2.24) is 5.32 Å². The Morgan fingerprint density at radius 2 is 1.73 bits per heavy atom. The molecule has 0 unspecified atom stereocenters. The molecule has 0 aliphatic carbocycles. The molecule has 0 fully saturated rings. The largest absolute Gasteiger partial charge is 0.495 e. The second kappa shape index (κ2) is 13.3. The number of nitrogens with one attached hydrogen (secondary N) is 2. The van der Waals surface area contributed by atoms with Crippen molar-refractivity contribution in [3.05, 3.63) is 59.7 Å². The Labute approximate surface area is 185 Å². The highest BCUT2D eigenvalue weighted by atomic mass is 35.5. The van der Waals surface area contributed by atoms with Crippen LogP contribution in [0.1, 0.15) is 41.6 Å². The molecule has 0 heterocycles. The smallest absolute Gasteiger partial charge is 0.229 e. The first-order chi connectivity index (χ1) is 13.9. The van der Waals surface area contributed by atoms with Crippen LogP contribution in [0.15, 0.2) is 48.5 Å². The highest BCUT2D eigenvalue weighted by Gasteiger charge is 2.13. The van der Waals surface area contributed by atoms with E-state index >= 15 is 0 Å². The van der Waals surface area contributed by atoms with E-state index in [-0.39, 0.29) is 23.9 Å². The van der Waals surface area contributed by atoms with E-state index in [1.54, 1.807) is 12.1 Å². The number of Topliss-reactive ketones (excluding diaryl/α,β-unsaturated/α-hetero) is 1. The predicted molar refractivity (Wildman–Crippen MR) is 125 cm³/mol. The second-order valence-corrected chi connectivity index (χ2v) is 8.76. The Morgan fingerprint density at radius 3 is 2.40 bits per heavy atom. The normalized spacial score (nSPS) is 10.9. The van der Waals surface area contributed by atoms with Gasteiger partial charge in [-0.15, -0.1) is 12.4 Å². The lowest BCUT2D eigenvalue weighted by molar-refractivity contribution is 0.0979. The Bertz CT molecular complexity index is 889. The Morgan fingerprint density at radius 1 is 1.00 bits per heavy atom. The minimum atomic E-state index is -3.45. The lowest BCUT2D eigenvalue weighted by Crippen LogP contribution is -2.18. The molecule has 0 atom stereocenters. The number of carbonyl (C=O) groups is 1. The molecule has 2 aromatic carbocycles. The van der Waals surface area contributed by atoms with Gasteiger partial charge in [0.15, 0.2) is 5.78 Å². The van der Waals surface area contributed by atoms with Crippen LogP contribution >= 0.6 is 12.4 Å². The van der Waals surface area contributed by atoms with Gasteiger partial charge in [-0.25, -0.2) is 8.42 Å². The van der Waals surface area contributed by atoms with E-state index in [1.807, 2.05) is 6.07 Å². The van der Waals surface area contributed by atoms with E-state index < -0.39 is 10.0 Å². The van der Waals surface area contributed by atoms with Crippen LogP contribution in [-0.4, -0.2) is 40.7 Å². The summed E-state index contributed by atoms with van der Waals surface area (Å²) in [4.78, 5) is 12.4. The number of ether oxygens (including phenoxy) is 1. The summed E-state index contributed by atoms with van der Waals surface area (Å²) in [5.41, 5.74) is 2.09. The number of hydrogen-bond donors (Lipinski definition) is 2. The fourth-order valence-corrected chi connectivity index (χ4v) is 3.58. The molecule has 2 aromatic rings. The van der Waals surface area contributed by atoms with Crippen LogP contribution in [0.25, 0.3) is 0 Å². The summed E-state index contributed by atoms with van der Waals surface area (Å²) in [5.74, 6) is 0.384. The van der Waals surface area contributed by atoms with Crippen molar-refractivity contribution >= 4 is 33.9 Å². The van der Waals surface area contributed by atoms with Gasteiger partial charge in [0.25, 0.3) is 0 Å². The number of hydrogen-bond acceptors (Lipinski definition) is 5. The minimum Gasteiger partial charge on any atom is -0.495 e. The van der Waals surface area contributed by atoms with Gasteiger partial charge < -0.3 is 10.1 Å². The minimum absolute atomic E-state index is 0. The zero-order valence-electron chi connectivity index (χ0n) is 17.5. The van der Waals surface area contributed by atoms with Gasteiger partial charge in [-0.2, -0.15) is 0 Å². The predicted octanol–water partition coefficient (Wildman–Crippen LogP) is 4.06. The van der Waals surface area contributed by atoms with Gasteiger partial charge in [0, 0.05) is 12.0 Å². The van der Waals surface area contributed by atoms with Crippen LogP contribution in [0.5, 0.6) is 5.75 Å². The molecule has 0 saturated carbocycles. The molecular weight excluding hydrogens is 424 g/mol. The van der Waals surface area contributed by atoms with Gasteiger partial charge in [-0.1, -0.05) is 36.8 Å². The highest BCUT2D eigenvalue weighted by Crippen LogP contribution is 2.27. The van der Waals surface area contributed by atoms with Gasteiger partial charge in [0.1, 0.15) is 5.75 Å². The zero-order valence-corrected chi connectivity index (χ0v) is 19.2. The van der Waals surface area contributed by atoms with Gasteiger partial charge in [-0.05, 0) is 56.1 Å². The van der Waals surface area contributed by atoms with Crippen molar-refractivity contribution in [3.63, 3.8) is 0 Å². The average Bonchev–Trinajstić information content (AvgIpc) is 2.69. The van der Waals surface area contributed by atoms with Crippen molar-refractivity contribution in [2.24, 2.45) is 0 Å². The monoisotopic (exact) mass is 454 g/mol. The van der Waals surface area contributed by atoms with Crippen molar-refractivity contribution in [2.75, 3.05) is 31.2 Å². The molecule has 166 valence electrons. The molecular formula is C22H31ClN2O4S. The lowest BCUT2D eigenvalue weighted by Gasteiger charge is -2.11. The first kappa shape index (κ1) is 25.9. The Hall–Kier alpha value is -2.09. The number of rotatable bonds is 13. The SMILES string of the molecule is COc1ccc(C(=O)CCCCCNCCc2ccccc2)cc1NS(C)(=O)=O.Cl. The number of methoxy groups -OCH3 is 1. The zero-order chi connectivity index (χ0) is 21.1. The lowest BCUT2D eigenvalue weighted by atomic mass is 10.0. The number of anilines is 1. The molecule has 0 saturated heterocycles. The number of ketones is 1. The van der Waals surface area contributed by atoms with E-state index in [1.165, 1.54) is 18.7 Å². The molecule has 2 N–H and O–H groups in total. The maximum atomic E-state index is 12.4. The molecule has 0 radical (unpaired) electrons. The topological polar surface area (TPSA) is 84.5 Å². The summed E-state index contributed by atoms with van der Waals surface area (Å²) in [6.45, 7) is 1.89. The molecule has 0 bridgehead atoms. The van der Waals surface area contributed by atoms with Gasteiger partial charge in [-0.3, -0.25) is 9.52 Å². The van der Waals surface area contributed by atoms with Crippen LogP contribution in [0.3, 0.4) is 0 Å². The third-order valence-corrected chi connectivity index (χ3v) is 5.10. The van der Waals surface area contributed by atoms with Gasteiger partial charge in [0.2, 0.25) is 10.0 Å². The van der Waals surface area contributed by atoms with Gasteiger partial charge >= 0.3 is 0 Å². The Balaban J connectivity index is 0.00000450. The van der Waals surface area contributed by atoms with E-state index in [2.05, 4.69) is 34.3 Å². The van der Waals surface area contributed by atoms with Gasteiger partial charge in [0.05, 0.1) is 19.1 Å². The molecule has 0 aliphatic rings. The number of benzene rings is 2. The van der Waals surface area contributed by atoms with Crippen LogP contribution in [-0.2, 0) is 16.4 Å². The quantitative estimate of drug-likeness (QED) is 0.352. The summed E-state index contributed by atoms with van der Waals surface area (Å²) >= 11 is 0. The number of halogens is 1. The molecule has 0 amide bonds. The number of carbonyl (C=O) groups excluding carboxylic acids is 1. The molecule has 8 heteroatoms. The molecule has 6 nitrogen and oxygen atoms in total.